The molecule has 2 N–H and O–H groups in total. The number of rotatable bonds is 8. The number of ether oxygens (including phenoxy) is 1. The van der Waals surface area contributed by atoms with Gasteiger partial charge >= 0.3 is 0 Å². The summed E-state index contributed by atoms with van der Waals surface area (Å²) in [5.41, 5.74) is 2.32. The summed E-state index contributed by atoms with van der Waals surface area (Å²) < 4.78 is 7.56. The first-order chi connectivity index (χ1) is 11.7. The van der Waals surface area contributed by atoms with Crippen LogP contribution in [0.5, 0.6) is 5.75 Å². The normalized spacial score (nSPS) is 10.9. The topological polar surface area (TPSA) is 63.5 Å². The number of halogens is 1. The van der Waals surface area contributed by atoms with Crippen LogP contribution in [0.25, 0.3) is 0 Å². The average Bonchev–Trinajstić information content (AvgIpc) is 2.99. The van der Waals surface area contributed by atoms with Crippen LogP contribution in [0.3, 0.4) is 0 Å². The summed E-state index contributed by atoms with van der Waals surface area (Å²) in [5.74, 6) is 1.73. The van der Waals surface area contributed by atoms with Gasteiger partial charge in [-0.25, -0.2) is 4.99 Å². The molecule has 7 heteroatoms. The molecule has 0 fully saturated rings. The lowest BCUT2D eigenvalue weighted by Crippen LogP contribution is -2.38. The van der Waals surface area contributed by atoms with E-state index in [4.69, 9.17) is 4.74 Å². The molecule has 25 heavy (non-hydrogen) atoms. The zero-order chi connectivity index (χ0) is 17.2. The second-order valence-electron chi connectivity index (χ2n) is 5.58. The van der Waals surface area contributed by atoms with Gasteiger partial charge in [-0.2, -0.15) is 5.10 Å². The Balaban J connectivity index is 0.00000312. The number of nitrogens with zero attached hydrogens (tertiary/aromatic N) is 3. The minimum Gasteiger partial charge on any atom is -0.494 e. The van der Waals surface area contributed by atoms with Crippen LogP contribution in [0, 0.1) is 6.92 Å². The van der Waals surface area contributed by atoms with Crippen LogP contribution in [-0.2, 0) is 13.6 Å². The number of hydrogen-bond acceptors (Lipinski definition) is 3. The van der Waals surface area contributed by atoms with Gasteiger partial charge in [0.1, 0.15) is 5.75 Å². The molecule has 0 aliphatic heterocycles. The Morgan fingerprint density at radius 2 is 1.96 bits per heavy atom. The van der Waals surface area contributed by atoms with E-state index in [2.05, 4.69) is 46.7 Å². The summed E-state index contributed by atoms with van der Waals surface area (Å²) in [5, 5.41) is 10.7. The van der Waals surface area contributed by atoms with Crippen LogP contribution >= 0.6 is 24.0 Å². The van der Waals surface area contributed by atoms with Crippen LogP contribution in [-0.4, -0.2) is 35.4 Å². The zero-order valence-electron chi connectivity index (χ0n) is 15.2. The molecular weight excluding hydrogens is 429 g/mol. The van der Waals surface area contributed by atoms with Gasteiger partial charge in [-0.05, 0) is 38.5 Å². The van der Waals surface area contributed by atoms with E-state index < -0.39 is 0 Å². The van der Waals surface area contributed by atoms with E-state index >= 15 is 0 Å². The predicted molar refractivity (Wildman–Crippen MR) is 113 cm³/mol. The highest BCUT2D eigenvalue weighted by atomic mass is 127. The maximum absolute atomic E-state index is 5.73. The molecule has 0 radical (unpaired) electrons. The largest absolute Gasteiger partial charge is 0.494 e. The van der Waals surface area contributed by atoms with Crippen molar-refractivity contribution < 1.29 is 4.74 Å². The molecule has 6 nitrogen and oxygen atoms in total. The van der Waals surface area contributed by atoms with Gasteiger partial charge in [-0.15, -0.1) is 24.0 Å². The van der Waals surface area contributed by atoms with Gasteiger partial charge in [0.25, 0.3) is 0 Å². The minimum absolute atomic E-state index is 0. The van der Waals surface area contributed by atoms with E-state index in [0.717, 1.165) is 36.9 Å². The highest BCUT2D eigenvalue weighted by Gasteiger charge is 2.00. The lowest BCUT2D eigenvalue weighted by molar-refractivity contribution is 0.311. The smallest absolute Gasteiger partial charge is 0.191 e. The van der Waals surface area contributed by atoms with Crippen LogP contribution in [0.4, 0.5) is 0 Å². The number of hydrogen-bond donors (Lipinski definition) is 2. The number of nitrogens with one attached hydrogen (secondary N) is 2. The Morgan fingerprint density at radius 1 is 1.20 bits per heavy atom. The second-order valence-corrected chi connectivity index (χ2v) is 5.58. The van der Waals surface area contributed by atoms with Gasteiger partial charge in [-0.1, -0.05) is 17.7 Å². The third kappa shape index (κ3) is 7.76. The summed E-state index contributed by atoms with van der Waals surface area (Å²) in [6, 6.07) is 10.1. The van der Waals surface area contributed by atoms with Gasteiger partial charge in [0.15, 0.2) is 5.96 Å². The fraction of sp³-hybridized carbons (Fsp3) is 0.444. The quantitative estimate of drug-likeness (QED) is 0.277. The first-order valence-corrected chi connectivity index (χ1v) is 8.37. The molecule has 1 heterocycles. The molecule has 2 aromatic rings. The molecule has 2 rings (SSSR count). The highest BCUT2D eigenvalue weighted by molar-refractivity contribution is 14.0. The number of aromatic nitrogens is 2. The SMILES string of the molecule is CCNC(=NCc1ccnn1C)NCCCOc1ccc(C)cc1.I. The van der Waals surface area contributed by atoms with E-state index in [1.165, 1.54) is 5.56 Å². The van der Waals surface area contributed by atoms with Crippen molar-refractivity contribution in [1.29, 1.82) is 0 Å². The molecule has 0 aliphatic carbocycles. The first kappa shape index (κ1) is 21.3. The van der Waals surface area contributed by atoms with Crippen molar-refractivity contribution in [3.05, 3.63) is 47.8 Å². The fourth-order valence-electron chi connectivity index (χ4n) is 2.16. The molecule has 0 aliphatic rings. The Labute approximate surface area is 167 Å². The number of aryl methyl sites for hydroxylation is 2. The summed E-state index contributed by atoms with van der Waals surface area (Å²) in [6.07, 6.45) is 2.69. The molecule has 0 spiro atoms. The molecule has 0 bridgehead atoms. The van der Waals surface area contributed by atoms with Gasteiger partial charge < -0.3 is 15.4 Å². The van der Waals surface area contributed by atoms with Crippen LogP contribution in [0.2, 0.25) is 0 Å². The second kappa shape index (κ2) is 11.7. The number of guanidine groups is 1. The van der Waals surface area contributed by atoms with E-state index in [-0.39, 0.29) is 24.0 Å². The molecule has 0 saturated heterocycles. The van der Waals surface area contributed by atoms with Gasteiger partial charge in [0.05, 0.1) is 18.8 Å². The molecule has 1 aromatic heterocycles. The van der Waals surface area contributed by atoms with Crippen LogP contribution in [0.15, 0.2) is 41.5 Å². The molecule has 0 atom stereocenters. The lowest BCUT2D eigenvalue weighted by Gasteiger charge is -2.12. The first-order valence-electron chi connectivity index (χ1n) is 8.37. The summed E-state index contributed by atoms with van der Waals surface area (Å²) in [4.78, 5) is 4.58. The van der Waals surface area contributed by atoms with Gasteiger partial charge in [0.2, 0.25) is 0 Å². The molecule has 138 valence electrons. The molecule has 0 amide bonds. The maximum Gasteiger partial charge on any atom is 0.191 e. The Bertz CT molecular complexity index is 639. The lowest BCUT2D eigenvalue weighted by atomic mass is 10.2. The standard InChI is InChI=1S/C18H27N5O.HI/c1-4-19-18(21-14-16-10-12-22-23(16)3)20-11-5-13-24-17-8-6-15(2)7-9-17;/h6-10,12H,4-5,11,13-14H2,1-3H3,(H2,19,20,21);1H. The Kier molecular flexibility index (Phi) is 9.98. The maximum atomic E-state index is 5.73. The van der Waals surface area contributed by atoms with E-state index in [0.29, 0.717) is 13.2 Å². The van der Waals surface area contributed by atoms with E-state index in [9.17, 15) is 0 Å². The van der Waals surface area contributed by atoms with E-state index in [1.807, 2.05) is 29.9 Å². The minimum atomic E-state index is 0. The van der Waals surface area contributed by atoms with Crippen molar-refractivity contribution in [3.8, 4) is 5.75 Å². The van der Waals surface area contributed by atoms with Crippen molar-refractivity contribution >= 4 is 29.9 Å². The van der Waals surface area contributed by atoms with Crippen LogP contribution in [0.1, 0.15) is 24.6 Å². The highest BCUT2D eigenvalue weighted by Crippen LogP contribution is 2.11. The predicted octanol–water partition coefficient (Wildman–Crippen LogP) is 2.87. The fourth-order valence-corrected chi connectivity index (χ4v) is 2.16. The summed E-state index contributed by atoms with van der Waals surface area (Å²) >= 11 is 0. The molecule has 1 aromatic carbocycles. The average molecular weight is 457 g/mol. The van der Waals surface area contributed by atoms with E-state index in [1.54, 1.807) is 6.20 Å². The third-order valence-corrected chi connectivity index (χ3v) is 3.57. The van der Waals surface area contributed by atoms with Crippen molar-refractivity contribution in [3.63, 3.8) is 0 Å². The summed E-state index contributed by atoms with van der Waals surface area (Å²) in [7, 11) is 1.92. The third-order valence-electron chi connectivity index (χ3n) is 3.57. The van der Waals surface area contributed by atoms with Crippen molar-refractivity contribution in [2.24, 2.45) is 12.0 Å². The van der Waals surface area contributed by atoms with Crippen molar-refractivity contribution in [2.45, 2.75) is 26.8 Å². The van der Waals surface area contributed by atoms with Crippen LogP contribution < -0.4 is 15.4 Å². The molecule has 0 saturated carbocycles. The van der Waals surface area contributed by atoms with Gasteiger partial charge in [-0.3, -0.25) is 4.68 Å². The van der Waals surface area contributed by atoms with Crippen molar-refractivity contribution in [2.75, 3.05) is 19.7 Å². The van der Waals surface area contributed by atoms with Gasteiger partial charge in [0, 0.05) is 26.3 Å². The number of aliphatic imine (C=N–C) groups is 1. The number of benzene rings is 1. The zero-order valence-corrected chi connectivity index (χ0v) is 17.5. The summed E-state index contributed by atoms with van der Waals surface area (Å²) in [6.45, 7) is 7.05. The molecule has 0 unspecified atom stereocenters. The Hall–Kier alpha value is -1.77. The monoisotopic (exact) mass is 457 g/mol. The molecular formula is C18H28IN5O. The van der Waals surface area contributed by atoms with Crippen molar-refractivity contribution in [1.82, 2.24) is 20.4 Å². The Morgan fingerprint density at radius 3 is 2.60 bits per heavy atom.